The summed E-state index contributed by atoms with van der Waals surface area (Å²) in [6, 6.07) is 3.49. The molecule has 0 aliphatic rings. The largest absolute Gasteiger partial charge is 0.476 e. The van der Waals surface area contributed by atoms with Crippen LogP contribution >= 0.6 is 0 Å². The molecule has 0 radical (unpaired) electrons. The smallest absolute Gasteiger partial charge is 0.358 e. The molecular formula is C12H14N4O2. The van der Waals surface area contributed by atoms with Crippen LogP contribution in [-0.4, -0.2) is 31.1 Å². The highest BCUT2D eigenvalue weighted by atomic mass is 16.4. The molecule has 94 valence electrons. The van der Waals surface area contributed by atoms with Gasteiger partial charge in [-0.2, -0.15) is 0 Å². The van der Waals surface area contributed by atoms with Crippen LogP contribution < -0.4 is 0 Å². The minimum Gasteiger partial charge on any atom is -0.476 e. The fraction of sp³-hybridized carbons (Fsp3) is 0.333. The summed E-state index contributed by atoms with van der Waals surface area (Å²) in [5.74, 6) is -1.09. The summed E-state index contributed by atoms with van der Waals surface area (Å²) in [5, 5.41) is 16.9. The van der Waals surface area contributed by atoms with Crippen LogP contribution in [0.2, 0.25) is 0 Å². The first-order valence-corrected chi connectivity index (χ1v) is 5.51. The number of pyridine rings is 1. The second-order valence-corrected chi connectivity index (χ2v) is 4.91. The average Bonchev–Trinajstić information content (AvgIpc) is 2.74. The van der Waals surface area contributed by atoms with Crippen molar-refractivity contribution in [3.8, 4) is 11.3 Å². The summed E-state index contributed by atoms with van der Waals surface area (Å²) in [5.41, 5.74) is 0.843. The van der Waals surface area contributed by atoms with E-state index in [2.05, 4.69) is 15.3 Å². The van der Waals surface area contributed by atoms with E-state index in [1.807, 2.05) is 20.8 Å². The van der Waals surface area contributed by atoms with Gasteiger partial charge in [-0.15, -0.1) is 5.10 Å². The highest BCUT2D eigenvalue weighted by Gasteiger charge is 2.26. The molecule has 0 bridgehead atoms. The van der Waals surface area contributed by atoms with E-state index in [4.69, 9.17) is 0 Å². The topological polar surface area (TPSA) is 80.9 Å². The van der Waals surface area contributed by atoms with Crippen LogP contribution in [0.3, 0.4) is 0 Å². The third-order valence-corrected chi connectivity index (χ3v) is 2.46. The first kappa shape index (κ1) is 12.2. The fourth-order valence-corrected chi connectivity index (χ4v) is 1.66. The zero-order valence-corrected chi connectivity index (χ0v) is 10.5. The van der Waals surface area contributed by atoms with Crippen LogP contribution in [0.5, 0.6) is 0 Å². The Balaban J connectivity index is 2.70. The number of nitrogens with zero attached hydrogens (tertiary/aromatic N) is 4. The Morgan fingerprint density at radius 3 is 2.39 bits per heavy atom. The number of aromatic carboxylic acids is 1. The third kappa shape index (κ3) is 2.09. The van der Waals surface area contributed by atoms with Crippen molar-refractivity contribution in [2.24, 2.45) is 0 Å². The Bertz CT molecular complexity index is 570. The molecule has 0 saturated carbocycles. The SMILES string of the molecule is CC(C)(C)n1nnc(C(=O)O)c1-c1ccncc1. The van der Waals surface area contributed by atoms with Gasteiger partial charge in [-0.05, 0) is 32.9 Å². The van der Waals surface area contributed by atoms with Gasteiger partial charge in [-0.3, -0.25) is 4.98 Å². The quantitative estimate of drug-likeness (QED) is 0.873. The van der Waals surface area contributed by atoms with Crippen LogP contribution in [0, 0.1) is 0 Å². The van der Waals surface area contributed by atoms with E-state index in [9.17, 15) is 9.90 Å². The molecular weight excluding hydrogens is 232 g/mol. The van der Waals surface area contributed by atoms with Crippen LogP contribution in [-0.2, 0) is 5.54 Å². The van der Waals surface area contributed by atoms with Gasteiger partial charge >= 0.3 is 5.97 Å². The maximum Gasteiger partial charge on any atom is 0.358 e. The summed E-state index contributed by atoms with van der Waals surface area (Å²) >= 11 is 0. The van der Waals surface area contributed by atoms with Crippen LogP contribution in [0.1, 0.15) is 31.3 Å². The van der Waals surface area contributed by atoms with E-state index in [-0.39, 0.29) is 11.2 Å². The molecule has 0 atom stereocenters. The van der Waals surface area contributed by atoms with Crippen LogP contribution in [0.4, 0.5) is 0 Å². The molecule has 1 N–H and O–H groups in total. The van der Waals surface area contributed by atoms with Gasteiger partial charge in [0.15, 0.2) is 5.69 Å². The third-order valence-electron chi connectivity index (χ3n) is 2.46. The lowest BCUT2D eigenvalue weighted by Crippen LogP contribution is -2.24. The highest BCUT2D eigenvalue weighted by molar-refractivity contribution is 5.92. The standard InChI is InChI=1S/C12H14N4O2/c1-12(2,3)16-10(8-4-6-13-7-5-8)9(11(17)18)14-15-16/h4-7H,1-3H3,(H,17,18). The average molecular weight is 246 g/mol. The predicted molar refractivity (Wildman–Crippen MR) is 65.2 cm³/mol. The number of carbonyl (C=O) groups is 1. The summed E-state index contributed by atoms with van der Waals surface area (Å²) in [7, 11) is 0. The maximum absolute atomic E-state index is 11.2. The second-order valence-electron chi connectivity index (χ2n) is 4.91. The number of carboxylic acid groups (broad SMARTS) is 1. The lowest BCUT2D eigenvalue weighted by Gasteiger charge is -2.21. The first-order valence-electron chi connectivity index (χ1n) is 5.51. The summed E-state index contributed by atoms with van der Waals surface area (Å²) < 4.78 is 1.62. The molecule has 0 fully saturated rings. The number of carboxylic acids is 1. The van der Waals surface area contributed by atoms with Gasteiger partial charge in [-0.1, -0.05) is 5.21 Å². The van der Waals surface area contributed by atoms with Gasteiger partial charge in [0.05, 0.1) is 5.54 Å². The summed E-state index contributed by atoms with van der Waals surface area (Å²) in [6.45, 7) is 5.83. The first-order chi connectivity index (χ1) is 8.41. The Morgan fingerprint density at radius 1 is 1.28 bits per heavy atom. The maximum atomic E-state index is 11.2. The second kappa shape index (κ2) is 4.21. The van der Waals surface area contributed by atoms with E-state index in [0.29, 0.717) is 5.69 Å². The van der Waals surface area contributed by atoms with Gasteiger partial charge in [0.25, 0.3) is 0 Å². The Hall–Kier alpha value is -2.24. The van der Waals surface area contributed by atoms with Crippen molar-refractivity contribution in [2.75, 3.05) is 0 Å². The van der Waals surface area contributed by atoms with Gasteiger partial charge in [0.1, 0.15) is 5.69 Å². The molecule has 2 aromatic rings. The van der Waals surface area contributed by atoms with E-state index < -0.39 is 5.97 Å². The van der Waals surface area contributed by atoms with E-state index in [0.717, 1.165) is 5.56 Å². The lowest BCUT2D eigenvalue weighted by atomic mass is 10.1. The normalized spacial score (nSPS) is 11.5. The van der Waals surface area contributed by atoms with E-state index in [1.54, 1.807) is 29.2 Å². The molecule has 0 spiro atoms. The zero-order valence-electron chi connectivity index (χ0n) is 10.5. The minimum absolute atomic E-state index is 0.0453. The molecule has 18 heavy (non-hydrogen) atoms. The van der Waals surface area contributed by atoms with Gasteiger partial charge < -0.3 is 5.11 Å². The minimum atomic E-state index is -1.09. The summed E-state index contributed by atoms with van der Waals surface area (Å²) in [6.07, 6.45) is 3.22. The van der Waals surface area contributed by atoms with E-state index >= 15 is 0 Å². The van der Waals surface area contributed by atoms with Crippen molar-refractivity contribution in [3.63, 3.8) is 0 Å². The fourth-order valence-electron chi connectivity index (χ4n) is 1.66. The lowest BCUT2D eigenvalue weighted by molar-refractivity contribution is 0.0691. The van der Waals surface area contributed by atoms with Crippen LogP contribution in [0.15, 0.2) is 24.5 Å². The van der Waals surface area contributed by atoms with Gasteiger partial charge in [0, 0.05) is 18.0 Å². The molecule has 0 aromatic carbocycles. The van der Waals surface area contributed by atoms with Crippen molar-refractivity contribution >= 4 is 5.97 Å². The molecule has 0 amide bonds. The van der Waals surface area contributed by atoms with Crippen LogP contribution in [0.25, 0.3) is 11.3 Å². The molecule has 6 heteroatoms. The molecule has 2 heterocycles. The van der Waals surface area contributed by atoms with Crippen molar-refractivity contribution < 1.29 is 9.90 Å². The molecule has 0 saturated heterocycles. The van der Waals surface area contributed by atoms with Gasteiger partial charge in [0.2, 0.25) is 0 Å². The number of hydrogen-bond acceptors (Lipinski definition) is 4. The molecule has 0 aliphatic carbocycles. The molecule has 2 aromatic heterocycles. The van der Waals surface area contributed by atoms with E-state index in [1.165, 1.54) is 0 Å². The number of aromatic nitrogens is 4. The van der Waals surface area contributed by atoms with Crippen molar-refractivity contribution in [1.29, 1.82) is 0 Å². The number of hydrogen-bond donors (Lipinski definition) is 1. The van der Waals surface area contributed by atoms with Crippen molar-refractivity contribution in [3.05, 3.63) is 30.2 Å². The zero-order chi connectivity index (χ0) is 13.3. The number of rotatable bonds is 2. The van der Waals surface area contributed by atoms with Crippen molar-refractivity contribution in [1.82, 2.24) is 20.0 Å². The molecule has 6 nitrogen and oxygen atoms in total. The predicted octanol–water partition coefficient (Wildman–Crippen LogP) is 1.79. The van der Waals surface area contributed by atoms with Gasteiger partial charge in [-0.25, -0.2) is 9.48 Å². The summed E-state index contributed by atoms with van der Waals surface area (Å²) in [4.78, 5) is 15.1. The Morgan fingerprint density at radius 2 is 1.89 bits per heavy atom. The molecule has 2 rings (SSSR count). The monoisotopic (exact) mass is 246 g/mol. The molecule has 0 aliphatic heterocycles. The Kier molecular flexibility index (Phi) is 2.86. The highest BCUT2D eigenvalue weighted by Crippen LogP contribution is 2.26. The Labute approximate surface area is 104 Å². The van der Waals surface area contributed by atoms with Crippen molar-refractivity contribution in [2.45, 2.75) is 26.3 Å². The molecule has 0 unspecified atom stereocenters.